The molecule has 5 nitrogen and oxygen atoms in total. The molecular formula is C13H19N3O2. The van der Waals surface area contributed by atoms with Gasteiger partial charge in [0.15, 0.2) is 0 Å². The molecule has 18 heavy (non-hydrogen) atoms. The predicted molar refractivity (Wildman–Crippen MR) is 71.5 cm³/mol. The Bertz CT molecular complexity index is 444. The standard InChI is InChI=1S/C13H19N3O2/c1-9-8-10(13(18)15-2)5-6-11(9)16-12(17)4-3-7-14/h5-6,8H,3-4,7,14H2,1-2H3,(H,15,18)(H,16,17). The molecule has 0 atom stereocenters. The first-order chi connectivity index (χ1) is 8.58. The summed E-state index contributed by atoms with van der Waals surface area (Å²) in [4.78, 5) is 23.0. The number of nitrogens with one attached hydrogen (secondary N) is 2. The molecule has 0 unspecified atom stereocenters. The highest BCUT2D eigenvalue weighted by Crippen LogP contribution is 2.16. The molecule has 0 spiro atoms. The van der Waals surface area contributed by atoms with Crippen molar-refractivity contribution < 1.29 is 9.59 Å². The zero-order valence-electron chi connectivity index (χ0n) is 10.7. The van der Waals surface area contributed by atoms with Gasteiger partial charge in [-0.05, 0) is 43.7 Å². The fourth-order valence-corrected chi connectivity index (χ4v) is 1.56. The number of rotatable bonds is 5. The molecule has 98 valence electrons. The number of carbonyl (C=O) groups excluding carboxylic acids is 2. The van der Waals surface area contributed by atoms with Gasteiger partial charge in [-0.2, -0.15) is 0 Å². The van der Waals surface area contributed by atoms with Gasteiger partial charge >= 0.3 is 0 Å². The zero-order valence-corrected chi connectivity index (χ0v) is 10.7. The van der Waals surface area contributed by atoms with E-state index in [0.717, 1.165) is 11.3 Å². The van der Waals surface area contributed by atoms with E-state index in [-0.39, 0.29) is 11.8 Å². The molecule has 0 saturated carbocycles. The van der Waals surface area contributed by atoms with Crippen LogP contribution in [-0.4, -0.2) is 25.4 Å². The van der Waals surface area contributed by atoms with Crippen LogP contribution in [0.3, 0.4) is 0 Å². The summed E-state index contributed by atoms with van der Waals surface area (Å²) in [5, 5.41) is 5.36. The number of aryl methyl sites for hydroxylation is 1. The third kappa shape index (κ3) is 3.85. The van der Waals surface area contributed by atoms with Crippen molar-refractivity contribution in [1.29, 1.82) is 0 Å². The Morgan fingerprint density at radius 3 is 2.61 bits per heavy atom. The molecule has 2 amide bonds. The van der Waals surface area contributed by atoms with Gasteiger partial charge in [-0.15, -0.1) is 0 Å². The van der Waals surface area contributed by atoms with Crippen molar-refractivity contribution in [3.63, 3.8) is 0 Å². The van der Waals surface area contributed by atoms with Crippen molar-refractivity contribution in [2.24, 2.45) is 5.73 Å². The fourth-order valence-electron chi connectivity index (χ4n) is 1.56. The summed E-state index contributed by atoms with van der Waals surface area (Å²) in [7, 11) is 1.58. The van der Waals surface area contributed by atoms with E-state index in [2.05, 4.69) is 10.6 Å². The van der Waals surface area contributed by atoms with Gasteiger partial charge in [0.1, 0.15) is 0 Å². The highest BCUT2D eigenvalue weighted by atomic mass is 16.2. The molecule has 0 fully saturated rings. The zero-order chi connectivity index (χ0) is 13.5. The van der Waals surface area contributed by atoms with Crippen molar-refractivity contribution in [3.05, 3.63) is 29.3 Å². The van der Waals surface area contributed by atoms with Gasteiger partial charge in [-0.3, -0.25) is 9.59 Å². The first-order valence-electron chi connectivity index (χ1n) is 5.91. The van der Waals surface area contributed by atoms with Gasteiger partial charge in [-0.25, -0.2) is 0 Å². The van der Waals surface area contributed by atoms with E-state index in [0.29, 0.717) is 24.9 Å². The van der Waals surface area contributed by atoms with E-state index in [9.17, 15) is 9.59 Å². The van der Waals surface area contributed by atoms with E-state index in [4.69, 9.17) is 5.73 Å². The molecule has 4 N–H and O–H groups in total. The van der Waals surface area contributed by atoms with Gasteiger partial charge in [0, 0.05) is 24.7 Å². The van der Waals surface area contributed by atoms with Gasteiger partial charge in [0.2, 0.25) is 5.91 Å². The number of carbonyl (C=O) groups is 2. The van der Waals surface area contributed by atoms with Crippen molar-refractivity contribution >= 4 is 17.5 Å². The second kappa shape index (κ2) is 6.76. The minimum Gasteiger partial charge on any atom is -0.355 e. The normalized spacial score (nSPS) is 9.94. The summed E-state index contributed by atoms with van der Waals surface area (Å²) in [5.41, 5.74) is 7.51. The monoisotopic (exact) mass is 249 g/mol. The van der Waals surface area contributed by atoms with Crippen LogP contribution in [0.1, 0.15) is 28.8 Å². The molecule has 0 saturated heterocycles. The van der Waals surface area contributed by atoms with Gasteiger partial charge in [0.05, 0.1) is 0 Å². The fraction of sp³-hybridized carbons (Fsp3) is 0.385. The Labute approximate surface area is 107 Å². The summed E-state index contributed by atoms with van der Waals surface area (Å²) in [5.74, 6) is -0.199. The minimum absolute atomic E-state index is 0.0590. The number of nitrogens with two attached hydrogens (primary N) is 1. The maximum absolute atomic E-state index is 11.6. The van der Waals surface area contributed by atoms with Crippen LogP contribution in [0.4, 0.5) is 5.69 Å². The van der Waals surface area contributed by atoms with Crippen LogP contribution in [-0.2, 0) is 4.79 Å². The second-order valence-electron chi connectivity index (χ2n) is 4.05. The molecule has 5 heteroatoms. The van der Waals surface area contributed by atoms with Gasteiger partial charge in [0.25, 0.3) is 5.91 Å². The maximum Gasteiger partial charge on any atom is 0.251 e. The highest BCUT2D eigenvalue weighted by Gasteiger charge is 2.08. The van der Waals surface area contributed by atoms with Crippen molar-refractivity contribution in [2.75, 3.05) is 18.9 Å². The summed E-state index contributed by atoms with van der Waals surface area (Å²) in [6, 6.07) is 5.17. The Hall–Kier alpha value is -1.88. The van der Waals surface area contributed by atoms with Crippen LogP contribution < -0.4 is 16.4 Å². The molecule has 1 rings (SSSR count). The average molecular weight is 249 g/mol. The number of hydrogen-bond acceptors (Lipinski definition) is 3. The Balaban J connectivity index is 2.74. The van der Waals surface area contributed by atoms with Crippen LogP contribution >= 0.6 is 0 Å². The first-order valence-corrected chi connectivity index (χ1v) is 5.91. The third-order valence-corrected chi connectivity index (χ3v) is 2.60. The largest absolute Gasteiger partial charge is 0.355 e. The number of anilines is 1. The van der Waals surface area contributed by atoms with Crippen LogP contribution in [0, 0.1) is 6.92 Å². The van der Waals surface area contributed by atoms with Gasteiger partial charge in [-0.1, -0.05) is 0 Å². The molecule has 0 aliphatic heterocycles. The van der Waals surface area contributed by atoms with E-state index >= 15 is 0 Å². The Morgan fingerprint density at radius 2 is 2.06 bits per heavy atom. The lowest BCUT2D eigenvalue weighted by atomic mass is 10.1. The summed E-state index contributed by atoms with van der Waals surface area (Å²) < 4.78 is 0. The third-order valence-electron chi connectivity index (χ3n) is 2.60. The SMILES string of the molecule is CNC(=O)c1ccc(NC(=O)CCCN)c(C)c1. The molecule has 0 aromatic heterocycles. The summed E-state index contributed by atoms with van der Waals surface area (Å²) in [6.07, 6.45) is 1.08. The molecule has 0 radical (unpaired) electrons. The van der Waals surface area contributed by atoms with Crippen LogP contribution in [0.5, 0.6) is 0 Å². The lowest BCUT2D eigenvalue weighted by Crippen LogP contribution is -2.18. The Morgan fingerprint density at radius 1 is 1.33 bits per heavy atom. The van der Waals surface area contributed by atoms with Crippen molar-refractivity contribution in [2.45, 2.75) is 19.8 Å². The van der Waals surface area contributed by atoms with Crippen LogP contribution in [0.25, 0.3) is 0 Å². The molecule has 0 bridgehead atoms. The van der Waals surface area contributed by atoms with Gasteiger partial charge < -0.3 is 16.4 Å². The molecule has 1 aromatic rings. The van der Waals surface area contributed by atoms with Crippen molar-refractivity contribution in [3.8, 4) is 0 Å². The smallest absolute Gasteiger partial charge is 0.251 e. The molecule has 1 aromatic carbocycles. The first kappa shape index (κ1) is 14.2. The highest BCUT2D eigenvalue weighted by molar-refractivity contribution is 5.96. The quantitative estimate of drug-likeness (QED) is 0.728. The van der Waals surface area contributed by atoms with E-state index in [1.807, 2.05) is 6.92 Å². The van der Waals surface area contributed by atoms with E-state index in [1.165, 1.54) is 0 Å². The van der Waals surface area contributed by atoms with Crippen molar-refractivity contribution in [1.82, 2.24) is 5.32 Å². The molecule has 0 aliphatic rings. The lowest BCUT2D eigenvalue weighted by molar-refractivity contribution is -0.116. The second-order valence-corrected chi connectivity index (χ2v) is 4.05. The maximum atomic E-state index is 11.6. The number of amides is 2. The average Bonchev–Trinajstić information content (AvgIpc) is 2.37. The summed E-state index contributed by atoms with van der Waals surface area (Å²) >= 11 is 0. The van der Waals surface area contributed by atoms with Crippen LogP contribution in [0.2, 0.25) is 0 Å². The van der Waals surface area contributed by atoms with E-state index < -0.39 is 0 Å². The molecular weight excluding hydrogens is 230 g/mol. The van der Waals surface area contributed by atoms with E-state index in [1.54, 1.807) is 25.2 Å². The lowest BCUT2D eigenvalue weighted by Gasteiger charge is -2.09. The Kier molecular flexibility index (Phi) is 5.32. The number of hydrogen-bond donors (Lipinski definition) is 3. The number of benzene rings is 1. The summed E-state index contributed by atoms with van der Waals surface area (Å²) in [6.45, 7) is 2.35. The topological polar surface area (TPSA) is 84.2 Å². The molecule has 0 aliphatic carbocycles. The van der Waals surface area contributed by atoms with Crippen LogP contribution in [0.15, 0.2) is 18.2 Å². The predicted octanol–water partition coefficient (Wildman–Crippen LogP) is 1.03. The molecule has 0 heterocycles. The minimum atomic E-state index is -0.140.